The van der Waals surface area contributed by atoms with Crippen molar-refractivity contribution in [2.75, 3.05) is 13.2 Å². The maximum atomic E-state index is 9.20. The molecule has 1 heterocycles. The number of aliphatic hydroxyl groups is 1. The minimum atomic E-state index is 0.173. The number of nitrogens with one attached hydrogen (secondary N) is 1. The average Bonchev–Trinajstić information content (AvgIpc) is 2.91. The van der Waals surface area contributed by atoms with Gasteiger partial charge in [0, 0.05) is 37.9 Å². The third-order valence-electron chi connectivity index (χ3n) is 3.38. The lowest BCUT2D eigenvalue weighted by Gasteiger charge is -2.18. The Labute approximate surface area is 90.3 Å². The van der Waals surface area contributed by atoms with Gasteiger partial charge in [-0.25, -0.2) is 0 Å². The summed E-state index contributed by atoms with van der Waals surface area (Å²) in [6.45, 7) is 3.33. The molecule has 1 fully saturated rings. The van der Waals surface area contributed by atoms with E-state index in [1.165, 1.54) is 5.69 Å². The quantitative estimate of drug-likeness (QED) is 0.755. The topological polar surface area (TPSA) is 50.1 Å². The first-order valence-electron chi connectivity index (χ1n) is 5.49. The van der Waals surface area contributed by atoms with Crippen LogP contribution in [-0.4, -0.2) is 28.0 Å². The monoisotopic (exact) mass is 209 g/mol. The van der Waals surface area contributed by atoms with Gasteiger partial charge in [0.25, 0.3) is 0 Å². The van der Waals surface area contributed by atoms with Crippen LogP contribution in [0.25, 0.3) is 0 Å². The average molecular weight is 209 g/mol. The zero-order valence-electron chi connectivity index (χ0n) is 9.40. The number of aryl methyl sites for hydroxylation is 1. The Morgan fingerprint density at radius 2 is 2.40 bits per heavy atom. The summed E-state index contributed by atoms with van der Waals surface area (Å²) in [5.41, 5.74) is 1.36. The summed E-state index contributed by atoms with van der Waals surface area (Å²) < 4.78 is 1.89. The molecule has 0 aromatic carbocycles. The fourth-order valence-electron chi connectivity index (χ4n) is 1.85. The maximum absolute atomic E-state index is 9.20. The van der Waals surface area contributed by atoms with E-state index in [4.69, 9.17) is 0 Å². The number of aliphatic hydroxyl groups excluding tert-OH is 1. The molecule has 1 aromatic rings. The van der Waals surface area contributed by atoms with Crippen molar-refractivity contribution in [2.45, 2.75) is 25.8 Å². The second-order valence-electron chi connectivity index (χ2n) is 4.64. The smallest absolute Gasteiger partial charge is 0.0547 e. The number of aromatic nitrogens is 2. The molecule has 1 saturated carbocycles. The third kappa shape index (κ3) is 2.21. The molecule has 1 unspecified atom stereocenters. The maximum Gasteiger partial charge on any atom is 0.0547 e. The van der Waals surface area contributed by atoms with Crippen LogP contribution in [0.1, 0.15) is 31.5 Å². The van der Waals surface area contributed by atoms with Crippen molar-refractivity contribution in [2.24, 2.45) is 12.5 Å². The Bertz CT molecular complexity index is 330. The fraction of sp³-hybridized carbons (Fsp3) is 0.727. The molecule has 0 radical (unpaired) electrons. The van der Waals surface area contributed by atoms with Crippen molar-refractivity contribution in [1.29, 1.82) is 0 Å². The van der Waals surface area contributed by atoms with Crippen LogP contribution < -0.4 is 5.32 Å². The van der Waals surface area contributed by atoms with Gasteiger partial charge in [-0.15, -0.1) is 0 Å². The van der Waals surface area contributed by atoms with Gasteiger partial charge in [-0.2, -0.15) is 5.10 Å². The largest absolute Gasteiger partial charge is 0.396 e. The lowest BCUT2D eigenvalue weighted by Crippen LogP contribution is -2.29. The molecule has 4 heteroatoms. The minimum absolute atomic E-state index is 0.173. The van der Waals surface area contributed by atoms with Gasteiger partial charge in [0.1, 0.15) is 0 Å². The number of nitrogens with zero attached hydrogens (tertiary/aromatic N) is 2. The number of hydrogen-bond donors (Lipinski definition) is 2. The van der Waals surface area contributed by atoms with Crippen LogP contribution in [0.5, 0.6) is 0 Å². The van der Waals surface area contributed by atoms with Gasteiger partial charge in [0.15, 0.2) is 0 Å². The first-order chi connectivity index (χ1) is 7.17. The number of rotatable bonds is 5. The highest BCUT2D eigenvalue weighted by atomic mass is 16.3. The molecule has 84 valence electrons. The van der Waals surface area contributed by atoms with E-state index in [9.17, 15) is 5.11 Å². The van der Waals surface area contributed by atoms with Crippen LogP contribution in [0.15, 0.2) is 12.3 Å². The molecular formula is C11H19N3O. The van der Waals surface area contributed by atoms with E-state index >= 15 is 0 Å². The van der Waals surface area contributed by atoms with Crippen molar-refractivity contribution in [3.63, 3.8) is 0 Å². The van der Waals surface area contributed by atoms with E-state index < -0.39 is 0 Å². The highest BCUT2D eigenvalue weighted by Gasteiger charge is 2.41. The predicted molar refractivity (Wildman–Crippen MR) is 58.4 cm³/mol. The van der Waals surface area contributed by atoms with Gasteiger partial charge < -0.3 is 10.4 Å². The molecule has 0 aliphatic heterocycles. The van der Waals surface area contributed by atoms with Crippen molar-refractivity contribution in [3.05, 3.63) is 18.0 Å². The molecule has 0 amide bonds. The highest BCUT2D eigenvalue weighted by molar-refractivity contribution is 5.06. The molecule has 0 spiro atoms. The molecule has 1 atom stereocenters. The van der Waals surface area contributed by atoms with Gasteiger partial charge in [-0.05, 0) is 25.8 Å². The Balaban J connectivity index is 1.88. The highest BCUT2D eigenvalue weighted by Crippen LogP contribution is 2.44. The Hall–Kier alpha value is -0.870. The van der Waals surface area contributed by atoms with Crippen LogP contribution in [0.3, 0.4) is 0 Å². The summed E-state index contributed by atoms with van der Waals surface area (Å²) in [4.78, 5) is 0. The lowest BCUT2D eigenvalue weighted by atomic mass is 10.1. The van der Waals surface area contributed by atoms with Crippen molar-refractivity contribution < 1.29 is 5.11 Å². The van der Waals surface area contributed by atoms with Crippen LogP contribution in [0.2, 0.25) is 0 Å². The van der Waals surface area contributed by atoms with Crippen LogP contribution in [0.4, 0.5) is 0 Å². The molecule has 1 aliphatic carbocycles. The van der Waals surface area contributed by atoms with E-state index in [0.717, 1.165) is 19.4 Å². The zero-order valence-corrected chi connectivity index (χ0v) is 9.40. The van der Waals surface area contributed by atoms with Gasteiger partial charge >= 0.3 is 0 Å². The molecule has 0 saturated heterocycles. The molecule has 2 N–H and O–H groups in total. The molecule has 15 heavy (non-hydrogen) atoms. The number of hydrogen-bond acceptors (Lipinski definition) is 3. The Kier molecular flexibility index (Phi) is 2.80. The second-order valence-corrected chi connectivity index (χ2v) is 4.64. The summed E-state index contributed by atoms with van der Waals surface area (Å²) in [5, 5.41) is 16.8. The van der Waals surface area contributed by atoms with E-state index in [-0.39, 0.29) is 5.41 Å². The van der Waals surface area contributed by atoms with Crippen LogP contribution >= 0.6 is 0 Å². The molecule has 1 aliphatic rings. The van der Waals surface area contributed by atoms with E-state index in [2.05, 4.69) is 17.3 Å². The molecular weight excluding hydrogens is 190 g/mol. The second kappa shape index (κ2) is 3.94. The summed E-state index contributed by atoms with van der Waals surface area (Å²) in [6.07, 6.45) is 4.11. The lowest BCUT2D eigenvalue weighted by molar-refractivity contribution is 0.204. The van der Waals surface area contributed by atoms with Crippen LogP contribution in [0, 0.1) is 5.41 Å². The minimum Gasteiger partial charge on any atom is -0.396 e. The van der Waals surface area contributed by atoms with E-state index in [1.54, 1.807) is 0 Å². The van der Waals surface area contributed by atoms with E-state index in [1.807, 2.05) is 24.0 Å². The van der Waals surface area contributed by atoms with Crippen LogP contribution in [-0.2, 0) is 7.05 Å². The van der Waals surface area contributed by atoms with Crippen molar-refractivity contribution in [1.82, 2.24) is 15.1 Å². The Morgan fingerprint density at radius 1 is 1.67 bits per heavy atom. The first kappa shape index (κ1) is 10.6. The van der Waals surface area contributed by atoms with Gasteiger partial charge in [-0.3, -0.25) is 4.68 Å². The van der Waals surface area contributed by atoms with Gasteiger partial charge in [0.2, 0.25) is 0 Å². The molecule has 1 aromatic heterocycles. The third-order valence-corrected chi connectivity index (χ3v) is 3.38. The SMILES string of the molecule is CC(NCC1(CO)CC1)c1ccnn1C. The standard InChI is InChI=1S/C11H19N3O/c1-9(10-3-6-13-14(10)2)12-7-11(8-15)4-5-11/h3,6,9,12,15H,4-5,7-8H2,1-2H3. The summed E-state index contributed by atoms with van der Waals surface area (Å²) >= 11 is 0. The Morgan fingerprint density at radius 3 is 2.87 bits per heavy atom. The predicted octanol–water partition coefficient (Wildman–Crippen LogP) is 0.843. The molecule has 0 bridgehead atoms. The summed E-state index contributed by atoms with van der Waals surface area (Å²) in [5.74, 6) is 0. The molecule has 2 rings (SSSR count). The van der Waals surface area contributed by atoms with Gasteiger partial charge in [-0.1, -0.05) is 0 Å². The van der Waals surface area contributed by atoms with Crippen molar-refractivity contribution >= 4 is 0 Å². The normalized spacial score (nSPS) is 20.2. The fourth-order valence-corrected chi connectivity index (χ4v) is 1.85. The zero-order chi connectivity index (χ0) is 10.9. The van der Waals surface area contributed by atoms with Crippen molar-refractivity contribution in [3.8, 4) is 0 Å². The summed E-state index contributed by atoms with van der Waals surface area (Å²) in [6, 6.07) is 2.32. The molecule has 4 nitrogen and oxygen atoms in total. The summed E-state index contributed by atoms with van der Waals surface area (Å²) in [7, 11) is 1.95. The first-order valence-corrected chi connectivity index (χ1v) is 5.49. The van der Waals surface area contributed by atoms with E-state index in [0.29, 0.717) is 12.6 Å². The van der Waals surface area contributed by atoms with Gasteiger partial charge in [0.05, 0.1) is 5.69 Å².